The van der Waals surface area contributed by atoms with Crippen LogP contribution in [-0.4, -0.2) is 33.0 Å². The first-order valence-electron chi connectivity index (χ1n) is 10.6. The van der Waals surface area contributed by atoms with Crippen LogP contribution in [0.5, 0.6) is 5.75 Å². The first kappa shape index (κ1) is 22.1. The monoisotopic (exact) mass is 478 g/mol. The molecule has 5 rings (SSSR count). The Morgan fingerprint density at radius 1 is 1.06 bits per heavy atom. The quantitative estimate of drug-likeness (QED) is 0.367. The lowest BCUT2D eigenvalue weighted by Crippen LogP contribution is -2.14. The van der Waals surface area contributed by atoms with Crippen molar-refractivity contribution in [2.75, 3.05) is 12.4 Å². The van der Waals surface area contributed by atoms with Crippen LogP contribution in [0.15, 0.2) is 67.1 Å². The lowest BCUT2D eigenvalue weighted by Gasteiger charge is -2.13. The van der Waals surface area contributed by atoms with Gasteiger partial charge in [0.15, 0.2) is 10.8 Å². The number of benzene rings is 1. The summed E-state index contributed by atoms with van der Waals surface area (Å²) in [6, 6.07) is 16.8. The molecule has 9 heteroatoms. The van der Waals surface area contributed by atoms with E-state index in [0.717, 1.165) is 16.0 Å². The molecule has 0 aliphatic carbocycles. The topological polar surface area (TPSA) is 114 Å². The zero-order valence-corrected chi connectivity index (χ0v) is 19.6. The largest absolute Gasteiger partial charge is 0.496 e. The van der Waals surface area contributed by atoms with Crippen molar-refractivity contribution in [3.8, 4) is 34.2 Å². The van der Waals surface area contributed by atoms with E-state index in [1.165, 1.54) is 11.3 Å². The van der Waals surface area contributed by atoms with E-state index in [2.05, 4.69) is 31.3 Å². The SMILES string of the molecule is COc1ccccc1-c1cc(C)ncc1C(=O)Nc1nc2ncc(-c3ncccc3C#N)cc2s1. The van der Waals surface area contributed by atoms with Crippen molar-refractivity contribution in [2.45, 2.75) is 6.92 Å². The molecule has 0 saturated heterocycles. The molecule has 0 spiro atoms. The van der Waals surface area contributed by atoms with E-state index in [4.69, 9.17) is 4.74 Å². The summed E-state index contributed by atoms with van der Waals surface area (Å²) in [6.45, 7) is 1.87. The predicted octanol–water partition coefficient (Wildman–Crippen LogP) is 5.26. The number of para-hydroxylation sites is 1. The molecule has 5 aromatic rings. The van der Waals surface area contributed by atoms with Crippen LogP contribution in [0.4, 0.5) is 5.13 Å². The molecule has 0 bridgehead atoms. The number of nitrogens with zero attached hydrogens (tertiary/aromatic N) is 5. The highest BCUT2D eigenvalue weighted by atomic mass is 32.1. The van der Waals surface area contributed by atoms with Gasteiger partial charge in [-0.25, -0.2) is 4.98 Å². The molecule has 0 radical (unpaired) electrons. The number of amides is 1. The van der Waals surface area contributed by atoms with E-state index in [-0.39, 0.29) is 5.91 Å². The van der Waals surface area contributed by atoms with Gasteiger partial charge < -0.3 is 4.74 Å². The normalized spacial score (nSPS) is 10.7. The lowest BCUT2D eigenvalue weighted by atomic mass is 9.99. The van der Waals surface area contributed by atoms with E-state index in [1.807, 2.05) is 43.3 Å². The summed E-state index contributed by atoms with van der Waals surface area (Å²) in [7, 11) is 1.60. The molecule has 35 heavy (non-hydrogen) atoms. The van der Waals surface area contributed by atoms with Gasteiger partial charge in [-0.2, -0.15) is 10.2 Å². The molecular formula is C26H18N6O2S. The van der Waals surface area contributed by atoms with Crippen molar-refractivity contribution in [3.63, 3.8) is 0 Å². The van der Waals surface area contributed by atoms with Crippen LogP contribution in [0.25, 0.3) is 32.7 Å². The highest BCUT2D eigenvalue weighted by Gasteiger charge is 2.19. The van der Waals surface area contributed by atoms with Gasteiger partial charge in [0.25, 0.3) is 5.91 Å². The molecule has 0 aliphatic heterocycles. The molecular weight excluding hydrogens is 460 g/mol. The van der Waals surface area contributed by atoms with Crippen molar-refractivity contribution >= 4 is 32.7 Å². The number of nitriles is 1. The number of nitrogens with one attached hydrogen (secondary N) is 1. The second kappa shape index (κ2) is 9.29. The first-order valence-corrected chi connectivity index (χ1v) is 11.4. The Bertz CT molecular complexity index is 1620. The Morgan fingerprint density at radius 3 is 2.74 bits per heavy atom. The van der Waals surface area contributed by atoms with Crippen LogP contribution in [-0.2, 0) is 0 Å². The van der Waals surface area contributed by atoms with Gasteiger partial charge in [0, 0.05) is 41.0 Å². The molecule has 0 atom stereocenters. The van der Waals surface area contributed by atoms with E-state index in [9.17, 15) is 10.1 Å². The number of fused-ring (bicyclic) bond motifs is 1. The predicted molar refractivity (Wildman–Crippen MR) is 134 cm³/mol. The standard InChI is InChI=1S/C26H18N6O2S/c1-15-10-19(18-7-3-4-8-21(18)34-2)20(14-29-15)25(33)32-26-31-24-22(35-26)11-17(13-30-24)23-16(12-27)6-5-9-28-23/h3-11,13-14H,1-2H3,(H,30,31,32,33). The maximum absolute atomic E-state index is 13.3. The highest BCUT2D eigenvalue weighted by molar-refractivity contribution is 7.22. The molecule has 0 saturated carbocycles. The molecule has 8 nitrogen and oxygen atoms in total. The Hall–Kier alpha value is -4.68. The van der Waals surface area contributed by atoms with E-state index in [0.29, 0.717) is 44.5 Å². The number of methoxy groups -OCH3 is 1. The third-order valence-corrected chi connectivity index (χ3v) is 6.26. The number of carbonyl (C=O) groups excluding carboxylic acids is 1. The zero-order valence-electron chi connectivity index (χ0n) is 18.8. The minimum Gasteiger partial charge on any atom is -0.496 e. The highest BCUT2D eigenvalue weighted by Crippen LogP contribution is 2.34. The minimum atomic E-state index is -0.339. The number of aromatic nitrogens is 4. The van der Waals surface area contributed by atoms with Gasteiger partial charge in [-0.15, -0.1) is 0 Å². The van der Waals surface area contributed by atoms with Crippen LogP contribution in [0.1, 0.15) is 21.6 Å². The van der Waals surface area contributed by atoms with Gasteiger partial charge in [-0.1, -0.05) is 29.5 Å². The summed E-state index contributed by atoms with van der Waals surface area (Å²) in [5, 5.41) is 12.7. The van der Waals surface area contributed by atoms with Crippen LogP contribution >= 0.6 is 11.3 Å². The first-order chi connectivity index (χ1) is 17.1. The van der Waals surface area contributed by atoms with Crippen molar-refractivity contribution in [2.24, 2.45) is 0 Å². The number of thiazole rings is 1. The Morgan fingerprint density at radius 2 is 1.91 bits per heavy atom. The number of aryl methyl sites for hydroxylation is 1. The summed E-state index contributed by atoms with van der Waals surface area (Å²) in [5.41, 5.74) is 4.91. The number of carbonyl (C=O) groups is 1. The number of ether oxygens (including phenoxy) is 1. The van der Waals surface area contributed by atoms with E-state index < -0.39 is 0 Å². The summed E-state index contributed by atoms with van der Waals surface area (Å²) in [5.74, 6) is 0.323. The van der Waals surface area contributed by atoms with Gasteiger partial charge >= 0.3 is 0 Å². The van der Waals surface area contributed by atoms with E-state index in [1.54, 1.807) is 37.8 Å². The molecule has 0 fully saturated rings. The van der Waals surface area contributed by atoms with Crippen molar-refractivity contribution < 1.29 is 9.53 Å². The van der Waals surface area contributed by atoms with Crippen molar-refractivity contribution in [1.29, 1.82) is 5.26 Å². The molecule has 4 aromatic heterocycles. The summed E-state index contributed by atoms with van der Waals surface area (Å²) >= 11 is 1.29. The van der Waals surface area contributed by atoms with Crippen molar-refractivity contribution in [3.05, 3.63) is 83.9 Å². The smallest absolute Gasteiger partial charge is 0.259 e. The summed E-state index contributed by atoms with van der Waals surface area (Å²) in [4.78, 5) is 30.8. The molecule has 0 aliphatic rings. The molecule has 0 unspecified atom stereocenters. The van der Waals surface area contributed by atoms with Gasteiger partial charge in [0.05, 0.1) is 28.6 Å². The maximum Gasteiger partial charge on any atom is 0.259 e. The Balaban J connectivity index is 1.48. The van der Waals surface area contributed by atoms with Crippen LogP contribution in [0.3, 0.4) is 0 Å². The van der Waals surface area contributed by atoms with Crippen molar-refractivity contribution in [1.82, 2.24) is 19.9 Å². The second-order valence-electron chi connectivity index (χ2n) is 7.60. The fourth-order valence-corrected chi connectivity index (χ4v) is 4.58. The second-order valence-corrected chi connectivity index (χ2v) is 8.63. The fraction of sp³-hybridized carbons (Fsp3) is 0.0769. The summed E-state index contributed by atoms with van der Waals surface area (Å²) < 4.78 is 6.26. The Kier molecular flexibility index (Phi) is 5.87. The average molecular weight is 479 g/mol. The zero-order chi connectivity index (χ0) is 24.4. The van der Waals surface area contributed by atoms with Gasteiger partial charge in [-0.05, 0) is 37.3 Å². The van der Waals surface area contributed by atoms with Gasteiger partial charge in [0.1, 0.15) is 11.8 Å². The average Bonchev–Trinajstić information content (AvgIpc) is 3.29. The third kappa shape index (κ3) is 4.30. The fourth-order valence-electron chi connectivity index (χ4n) is 3.72. The number of rotatable bonds is 5. The number of anilines is 1. The molecule has 1 aromatic carbocycles. The van der Waals surface area contributed by atoms with E-state index >= 15 is 0 Å². The maximum atomic E-state index is 13.3. The summed E-state index contributed by atoms with van der Waals surface area (Å²) in [6.07, 6.45) is 4.81. The third-order valence-electron chi connectivity index (χ3n) is 5.35. The number of hydrogen-bond donors (Lipinski definition) is 1. The lowest BCUT2D eigenvalue weighted by molar-refractivity contribution is 0.102. The molecule has 4 heterocycles. The van der Waals surface area contributed by atoms with Crippen LogP contribution in [0.2, 0.25) is 0 Å². The van der Waals surface area contributed by atoms with Gasteiger partial charge in [-0.3, -0.25) is 20.1 Å². The van der Waals surface area contributed by atoms with Gasteiger partial charge in [0.2, 0.25) is 0 Å². The van der Waals surface area contributed by atoms with Crippen LogP contribution in [0, 0.1) is 18.3 Å². The minimum absolute atomic E-state index is 0.339. The molecule has 1 N–H and O–H groups in total. The number of hydrogen-bond acceptors (Lipinski definition) is 8. The Labute approximate surface area is 204 Å². The molecule has 170 valence electrons. The van der Waals surface area contributed by atoms with Crippen LogP contribution < -0.4 is 10.1 Å². The molecule has 1 amide bonds. The number of pyridine rings is 3.